The fourth-order valence-corrected chi connectivity index (χ4v) is 1.49. The van der Waals surface area contributed by atoms with Crippen molar-refractivity contribution < 1.29 is 22.7 Å². The molecule has 112 valence electrons. The smallest absolute Gasteiger partial charge is 0.422 e. The lowest BCUT2D eigenvalue weighted by atomic mass is 10.2. The zero-order chi connectivity index (χ0) is 15.3. The van der Waals surface area contributed by atoms with Crippen LogP contribution < -0.4 is 4.90 Å². The van der Waals surface area contributed by atoms with Crippen molar-refractivity contribution in [2.45, 2.75) is 12.7 Å². The number of hydrogen-bond acceptors (Lipinski definition) is 3. The summed E-state index contributed by atoms with van der Waals surface area (Å²) in [6.45, 7) is -1.39. The second-order valence-electron chi connectivity index (χ2n) is 4.59. The van der Waals surface area contributed by atoms with E-state index in [1.807, 2.05) is 43.3 Å². The van der Waals surface area contributed by atoms with Crippen LogP contribution in [0.1, 0.15) is 5.56 Å². The van der Waals surface area contributed by atoms with E-state index >= 15 is 0 Å². The summed E-state index contributed by atoms with van der Waals surface area (Å²) in [7, 11) is 5.18. The number of nitrogens with zero attached hydrogens (tertiary/aromatic N) is 2. The van der Waals surface area contributed by atoms with Crippen LogP contribution in [-0.2, 0) is 11.3 Å². The van der Waals surface area contributed by atoms with Gasteiger partial charge in [0.2, 0.25) is 0 Å². The van der Waals surface area contributed by atoms with Gasteiger partial charge in [-0.3, -0.25) is 0 Å². The summed E-state index contributed by atoms with van der Waals surface area (Å²) in [6, 6.07) is 7.35. The summed E-state index contributed by atoms with van der Waals surface area (Å²) in [6.07, 6.45) is -5.51. The Bertz CT molecular complexity index is 444. The maximum absolute atomic E-state index is 11.9. The molecule has 0 spiro atoms. The number of hydrogen-bond donors (Lipinski definition) is 0. The van der Waals surface area contributed by atoms with Gasteiger partial charge in [-0.2, -0.15) is 13.2 Å². The Morgan fingerprint density at radius 2 is 1.70 bits per heavy atom. The highest BCUT2D eigenvalue weighted by Crippen LogP contribution is 2.16. The normalized spacial score (nSPS) is 11.1. The molecule has 0 unspecified atom stereocenters. The third-order valence-electron chi connectivity index (χ3n) is 2.54. The molecule has 1 aromatic rings. The fraction of sp³-hybridized carbons (Fsp3) is 0.462. The van der Waals surface area contributed by atoms with Crippen LogP contribution in [0.5, 0.6) is 0 Å². The second-order valence-corrected chi connectivity index (χ2v) is 4.59. The van der Waals surface area contributed by atoms with Crippen molar-refractivity contribution in [3.63, 3.8) is 0 Å². The molecule has 1 amide bonds. The Kier molecular flexibility index (Phi) is 5.24. The number of anilines is 1. The summed E-state index contributed by atoms with van der Waals surface area (Å²) in [4.78, 5) is 14.4. The van der Waals surface area contributed by atoms with Gasteiger partial charge in [0.1, 0.15) is 0 Å². The van der Waals surface area contributed by atoms with Crippen molar-refractivity contribution in [2.24, 2.45) is 0 Å². The van der Waals surface area contributed by atoms with Crippen LogP contribution in [-0.4, -0.2) is 44.9 Å². The fourth-order valence-electron chi connectivity index (χ4n) is 1.49. The van der Waals surface area contributed by atoms with E-state index in [2.05, 4.69) is 4.74 Å². The molecule has 0 atom stereocenters. The highest BCUT2D eigenvalue weighted by Gasteiger charge is 2.30. The highest BCUT2D eigenvalue weighted by molar-refractivity contribution is 5.67. The number of carbonyl (C=O) groups is 1. The van der Waals surface area contributed by atoms with Crippen molar-refractivity contribution in [3.8, 4) is 0 Å². The van der Waals surface area contributed by atoms with Crippen LogP contribution >= 0.6 is 0 Å². The highest BCUT2D eigenvalue weighted by atomic mass is 19.4. The maximum Gasteiger partial charge on any atom is 0.422 e. The van der Waals surface area contributed by atoms with Crippen LogP contribution in [0.3, 0.4) is 0 Å². The van der Waals surface area contributed by atoms with Gasteiger partial charge < -0.3 is 14.5 Å². The molecule has 0 aliphatic carbocycles. The summed E-state index contributed by atoms with van der Waals surface area (Å²) in [5.41, 5.74) is 1.80. The van der Waals surface area contributed by atoms with Crippen molar-refractivity contribution in [1.29, 1.82) is 0 Å². The summed E-state index contributed by atoms with van der Waals surface area (Å²) in [5, 5.41) is 0. The molecule has 1 aromatic carbocycles. The molecule has 1 rings (SSSR count). The lowest BCUT2D eigenvalue weighted by molar-refractivity contribution is -0.162. The predicted molar refractivity (Wildman–Crippen MR) is 69.6 cm³/mol. The number of halogens is 3. The molecular formula is C13H17F3N2O2. The average molecular weight is 290 g/mol. The molecule has 0 aliphatic heterocycles. The standard InChI is InChI=1S/C13H17F3N2O2/c1-17(2)11-6-4-10(5-7-11)8-18(3)12(19)20-9-13(14,15)16/h4-7H,8-9H2,1-3H3. The van der Waals surface area contributed by atoms with E-state index in [-0.39, 0.29) is 6.54 Å². The number of rotatable bonds is 4. The second kappa shape index (κ2) is 6.49. The lowest BCUT2D eigenvalue weighted by Gasteiger charge is -2.18. The van der Waals surface area contributed by atoms with E-state index in [1.54, 1.807) is 0 Å². The number of benzene rings is 1. The van der Waals surface area contributed by atoms with Crippen LogP contribution in [0, 0.1) is 0 Å². The zero-order valence-electron chi connectivity index (χ0n) is 11.6. The molecule has 0 fully saturated rings. The van der Waals surface area contributed by atoms with E-state index in [1.165, 1.54) is 7.05 Å². The SMILES string of the molecule is CN(Cc1ccc(N(C)C)cc1)C(=O)OCC(F)(F)F. The van der Waals surface area contributed by atoms with E-state index < -0.39 is 18.9 Å². The number of alkyl halides is 3. The van der Waals surface area contributed by atoms with Gasteiger partial charge in [-0.25, -0.2) is 4.79 Å². The molecule has 0 radical (unpaired) electrons. The number of ether oxygens (including phenoxy) is 1. The number of carbonyl (C=O) groups excluding carboxylic acids is 1. The van der Waals surface area contributed by atoms with E-state index in [4.69, 9.17) is 0 Å². The van der Waals surface area contributed by atoms with Crippen molar-refractivity contribution in [3.05, 3.63) is 29.8 Å². The Labute approximate surface area is 115 Å². The molecule has 0 heterocycles. The minimum atomic E-state index is -4.51. The Hall–Kier alpha value is -1.92. The van der Waals surface area contributed by atoms with Crippen LogP contribution in [0.25, 0.3) is 0 Å². The first kappa shape index (κ1) is 16.1. The molecule has 0 aliphatic rings. The maximum atomic E-state index is 11.9. The lowest BCUT2D eigenvalue weighted by Crippen LogP contribution is -2.30. The molecule has 4 nitrogen and oxygen atoms in total. The van der Waals surface area contributed by atoms with Gasteiger partial charge in [0.15, 0.2) is 6.61 Å². The predicted octanol–water partition coefficient (Wildman–Crippen LogP) is 2.88. The van der Waals surface area contributed by atoms with Crippen LogP contribution in [0.2, 0.25) is 0 Å². The molecule has 7 heteroatoms. The first-order valence-electron chi connectivity index (χ1n) is 5.90. The Balaban J connectivity index is 2.53. The monoisotopic (exact) mass is 290 g/mol. The average Bonchev–Trinajstić information content (AvgIpc) is 2.35. The quantitative estimate of drug-likeness (QED) is 0.855. The van der Waals surface area contributed by atoms with Gasteiger partial charge in [0.25, 0.3) is 0 Å². The van der Waals surface area contributed by atoms with Crippen LogP contribution in [0.15, 0.2) is 24.3 Å². The van der Waals surface area contributed by atoms with Crippen molar-refractivity contribution in [2.75, 3.05) is 32.6 Å². The molecule has 0 N–H and O–H groups in total. The van der Waals surface area contributed by atoms with Gasteiger partial charge in [0, 0.05) is 33.4 Å². The van der Waals surface area contributed by atoms with Crippen molar-refractivity contribution >= 4 is 11.8 Å². The minimum Gasteiger partial charge on any atom is -0.440 e. The van der Waals surface area contributed by atoms with Crippen LogP contribution in [0.4, 0.5) is 23.7 Å². The molecule has 0 aromatic heterocycles. The van der Waals surface area contributed by atoms with Gasteiger partial charge in [-0.1, -0.05) is 12.1 Å². The summed E-state index contributed by atoms with van der Waals surface area (Å²) < 4.78 is 39.9. The van der Waals surface area contributed by atoms with Gasteiger partial charge in [-0.05, 0) is 17.7 Å². The molecule has 0 saturated heterocycles. The molecular weight excluding hydrogens is 273 g/mol. The van der Waals surface area contributed by atoms with E-state index in [9.17, 15) is 18.0 Å². The third-order valence-corrected chi connectivity index (χ3v) is 2.54. The molecule has 0 bridgehead atoms. The van der Waals surface area contributed by atoms with Gasteiger partial charge in [-0.15, -0.1) is 0 Å². The largest absolute Gasteiger partial charge is 0.440 e. The minimum absolute atomic E-state index is 0.185. The number of amides is 1. The van der Waals surface area contributed by atoms with Gasteiger partial charge >= 0.3 is 12.3 Å². The Morgan fingerprint density at radius 1 is 1.15 bits per heavy atom. The summed E-state index contributed by atoms with van der Waals surface area (Å²) in [5.74, 6) is 0. The van der Waals surface area contributed by atoms with E-state index in [0.717, 1.165) is 16.2 Å². The third kappa shape index (κ3) is 5.38. The first-order valence-corrected chi connectivity index (χ1v) is 5.90. The molecule has 20 heavy (non-hydrogen) atoms. The topological polar surface area (TPSA) is 32.8 Å². The Morgan fingerprint density at radius 3 is 2.15 bits per heavy atom. The molecule has 0 saturated carbocycles. The van der Waals surface area contributed by atoms with Gasteiger partial charge in [0.05, 0.1) is 0 Å². The van der Waals surface area contributed by atoms with Crippen molar-refractivity contribution in [1.82, 2.24) is 4.90 Å². The first-order chi connectivity index (χ1) is 9.19. The summed E-state index contributed by atoms with van der Waals surface area (Å²) >= 11 is 0. The van der Waals surface area contributed by atoms with E-state index in [0.29, 0.717) is 0 Å². The zero-order valence-corrected chi connectivity index (χ0v) is 11.6.